The van der Waals surface area contributed by atoms with Crippen LogP contribution in [0.25, 0.3) is 0 Å². The van der Waals surface area contributed by atoms with Gasteiger partial charge in [0.15, 0.2) is 5.78 Å². The highest BCUT2D eigenvalue weighted by molar-refractivity contribution is 6.02. The Hall–Kier alpha value is -1.31. The van der Waals surface area contributed by atoms with Crippen molar-refractivity contribution in [1.82, 2.24) is 0 Å². The van der Waals surface area contributed by atoms with Crippen LogP contribution in [0.5, 0.6) is 0 Å². The second-order valence-corrected chi connectivity index (χ2v) is 11.0. The lowest BCUT2D eigenvalue weighted by molar-refractivity contribution is -0.132. The Morgan fingerprint density at radius 2 is 1.79 bits per heavy atom. The van der Waals surface area contributed by atoms with E-state index in [0.29, 0.717) is 11.7 Å². The summed E-state index contributed by atoms with van der Waals surface area (Å²) in [7, 11) is 0. The van der Waals surface area contributed by atoms with E-state index in [1.54, 1.807) is 5.92 Å². The normalized spacial score (nSPS) is 42.6. The van der Waals surface area contributed by atoms with Gasteiger partial charge in [0.25, 0.3) is 0 Å². The van der Waals surface area contributed by atoms with Crippen molar-refractivity contribution in [2.24, 2.45) is 34.5 Å². The maximum Gasteiger partial charge on any atom is 0.240 e. The molecule has 28 heavy (non-hydrogen) atoms. The summed E-state index contributed by atoms with van der Waals surface area (Å²) >= 11 is 0. The van der Waals surface area contributed by atoms with Gasteiger partial charge in [-0.15, -0.1) is 0 Å². The summed E-state index contributed by atoms with van der Waals surface area (Å²) in [6.45, 7) is 8.55. The number of hydrogen-bond donors (Lipinski definition) is 0. The van der Waals surface area contributed by atoms with Crippen molar-refractivity contribution >= 4 is 11.6 Å². The maximum absolute atomic E-state index is 13.5. The Labute approximate surface area is 170 Å². The minimum absolute atomic E-state index is 0.0327. The molecule has 0 N–H and O–H groups in total. The lowest BCUT2D eigenvalue weighted by atomic mass is 9.44. The molecule has 0 bridgehead atoms. The second-order valence-electron chi connectivity index (χ2n) is 11.0. The van der Waals surface area contributed by atoms with Crippen LogP contribution >= 0.6 is 0 Å². The Balaban J connectivity index is 1.60. The molecule has 2 nitrogen and oxygen atoms in total. The molecular weight excluding hydrogens is 344 g/mol. The fourth-order valence-electron chi connectivity index (χ4n) is 7.84. The fourth-order valence-corrected chi connectivity index (χ4v) is 7.84. The highest BCUT2D eigenvalue weighted by Crippen LogP contribution is 2.64. The van der Waals surface area contributed by atoms with Crippen LogP contribution in [0.2, 0.25) is 0 Å². The highest BCUT2D eigenvalue weighted by Gasteiger charge is 2.63. The van der Waals surface area contributed by atoms with Gasteiger partial charge in [-0.1, -0.05) is 40.0 Å². The standard InChI is InChI=1S/C26H34O2/c1-15-13-18-19-14-22(27)23-17-8-6-5-7-16(17)11-12-26(23,4)21(19)10-9-20(18)25(2,3)24(15)28/h13-14,16-17,20,23H,5-12H2,1-4H3/q+1/t16?,17-,20-,23+,26+/m1/s1. The molecule has 2 heteroatoms. The number of carbonyl (C=O) groups excluding carboxylic acids is 2. The first-order valence-corrected chi connectivity index (χ1v) is 11.5. The molecule has 149 valence electrons. The summed E-state index contributed by atoms with van der Waals surface area (Å²) in [4.78, 5) is 26.3. The Morgan fingerprint density at radius 3 is 2.57 bits per heavy atom. The van der Waals surface area contributed by atoms with Crippen LogP contribution in [0.4, 0.5) is 0 Å². The van der Waals surface area contributed by atoms with E-state index in [9.17, 15) is 9.59 Å². The van der Waals surface area contributed by atoms with E-state index in [4.69, 9.17) is 0 Å². The van der Waals surface area contributed by atoms with Crippen molar-refractivity contribution in [2.75, 3.05) is 0 Å². The molecule has 0 aromatic heterocycles. The summed E-state index contributed by atoms with van der Waals surface area (Å²) < 4.78 is 0. The Bertz CT molecular complexity index is 797. The molecule has 3 saturated carbocycles. The molecule has 5 atom stereocenters. The van der Waals surface area contributed by atoms with E-state index in [0.717, 1.165) is 24.3 Å². The monoisotopic (exact) mass is 378 g/mol. The molecule has 0 amide bonds. The van der Waals surface area contributed by atoms with Gasteiger partial charge in [0.2, 0.25) is 5.78 Å². The van der Waals surface area contributed by atoms with Crippen molar-refractivity contribution in [3.63, 3.8) is 0 Å². The first kappa shape index (κ1) is 18.7. The minimum atomic E-state index is -0.359. The largest absolute Gasteiger partial charge is 0.294 e. The van der Waals surface area contributed by atoms with Crippen LogP contribution in [0.3, 0.4) is 0 Å². The first-order chi connectivity index (χ1) is 13.2. The number of rotatable bonds is 0. The summed E-state index contributed by atoms with van der Waals surface area (Å²) in [6.07, 6.45) is 13.9. The van der Waals surface area contributed by atoms with Gasteiger partial charge in [-0.3, -0.25) is 9.59 Å². The number of carbonyl (C=O) groups is 2. The van der Waals surface area contributed by atoms with E-state index < -0.39 is 0 Å². The van der Waals surface area contributed by atoms with Crippen LogP contribution < -0.4 is 0 Å². The van der Waals surface area contributed by atoms with Gasteiger partial charge >= 0.3 is 0 Å². The number of fused-ring (bicyclic) bond motifs is 6. The van der Waals surface area contributed by atoms with Crippen molar-refractivity contribution in [3.05, 3.63) is 35.1 Å². The van der Waals surface area contributed by atoms with Crippen LogP contribution in [-0.4, -0.2) is 11.6 Å². The molecule has 0 aromatic rings. The number of allylic oxidation sites excluding steroid dienone is 4. The topological polar surface area (TPSA) is 34.1 Å². The van der Waals surface area contributed by atoms with Crippen molar-refractivity contribution in [1.29, 1.82) is 0 Å². The quantitative estimate of drug-likeness (QED) is 0.497. The van der Waals surface area contributed by atoms with Gasteiger partial charge in [0, 0.05) is 11.6 Å². The predicted molar refractivity (Wildman–Crippen MR) is 111 cm³/mol. The third-order valence-electron chi connectivity index (χ3n) is 9.28. The van der Waals surface area contributed by atoms with Gasteiger partial charge in [-0.25, -0.2) is 0 Å². The second kappa shape index (κ2) is 6.09. The molecule has 0 saturated heterocycles. The molecule has 0 aliphatic heterocycles. The summed E-state index contributed by atoms with van der Waals surface area (Å²) in [5.41, 5.74) is 3.03. The zero-order chi connectivity index (χ0) is 19.8. The van der Waals surface area contributed by atoms with Crippen molar-refractivity contribution in [3.8, 4) is 0 Å². The molecule has 5 aliphatic carbocycles. The minimum Gasteiger partial charge on any atom is -0.294 e. The first-order valence-electron chi connectivity index (χ1n) is 11.5. The average Bonchev–Trinajstić information content (AvgIpc) is 2.66. The van der Waals surface area contributed by atoms with E-state index in [1.807, 2.05) is 13.3 Å². The molecule has 0 spiro atoms. The molecule has 0 heterocycles. The average molecular weight is 379 g/mol. The number of Topliss-reactive ketones (excluding diaryl/α,β-unsaturated/α-hetero) is 2. The third-order valence-corrected chi connectivity index (χ3v) is 9.28. The van der Waals surface area contributed by atoms with Crippen LogP contribution in [0, 0.1) is 46.8 Å². The van der Waals surface area contributed by atoms with Crippen molar-refractivity contribution < 1.29 is 9.59 Å². The molecule has 1 unspecified atom stereocenters. The summed E-state index contributed by atoms with van der Waals surface area (Å²) in [6, 6.07) is 0. The molecule has 5 aliphatic rings. The number of hydrogen-bond acceptors (Lipinski definition) is 2. The van der Waals surface area contributed by atoms with E-state index in [1.165, 1.54) is 49.7 Å². The van der Waals surface area contributed by atoms with E-state index >= 15 is 0 Å². The van der Waals surface area contributed by atoms with E-state index in [2.05, 4.69) is 26.8 Å². The zero-order valence-corrected chi connectivity index (χ0v) is 17.9. The smallest absolute Gasteiger partial charge is 0.240 e. The summed E-state index contributed by atoms with van der Waals surface area (Å²) in [5, 5.41) is 0. The lowest BCUT2D eigenvalue weighted by Crippen LogP contribution is -2.54. The van der Waals surface area contributed by atoms with Crippen LogP contribution in [0.15, 0.2) is 22.8 Å². The summed E-state index contributed by atoms with van der Waals surface area (Å²) in [5.74, 6) is 4.01. The third kappa shape index (κ3) is 2.36. The maximum atomic E-state index is 13.5. The van der Waals surface area contributed by atoms with Crippen LogP contribution in [-0.2, 0) is 9.59 Å². The Morgan fingerprint density at radius 1 is 1.04 bits per heavy atom. The lowest BCUT2D eigenvalue weighted by Gasteiger charge is -2.56. The molecule has 0 aromatic carbocycles. The van der Waals surface area contributed by atoms with Gasteiger partial charge in [0.1, 0.15) is 12.0 Å². The fraction of sp³-hybridized carbons (Fsp3) is 0.692. The molecule has 3 fully saturated rings. The van der Waals surface area contributed by atoms with Gasteiger partial charge < -0.3 is 0 Å². The van der Waals surface area contributed by atoms with Crippen LogP contribution in [0.1, 0.15) is 79.1 Å². The predicted octanol–water partition coefficient (Wildman–Crippen LogP) is 5.83. The van der Waals surface area contributed by atoms with Gasteiger partial charge in [0.05, 0.1) is 28.7 Å². The van der Waals surface area contributed by atoms with Gasteiger partial charge in [-0.05, 0) is 56.3 Å². The highest BCUT2D eigenvalue weighted by atomic mass is 16.1. The SMILES string of the molecule is CC1=CC2=C3[CH+]C(=O)[C@@H]4[C@@H]5CCCCC5CC[C@@]4(C)[C]3CC[C@H]2C(C)(C)C1=O. The molecule has 5 rings (SSSR count). The molecular formula is C26H34O2+. The van der Waals surface area contributed by atoms with Gasteiger partial charge in [-0.2, -0.15) is 0 Å². The Kier molecular flexibility index (Phi) is 4.07. The zero-order valence-electron chi connectivity index (χ0n) is 17.9. The van der Waals surface area contributed by atoms with Crippen molar-refractivity contribution in [2.45, 2.75) is 79.1 Å². The number of ketones is 2. The van der Waals surface area contributed by atoms with E-state index in [-0.39, 0.29) is 28.4 Å². The molecule has 1 radical (unpaired) electrons.